The molecular formula is C30H33N7OS. The Morgan fingerprint density at radius 2 is 1.85 bits per heavy atom. The van der Waals surface area contributed by atoms with Gasteiger partial charge in [0.1, 0.15) is 10.8 Å². The third kappa shape index (κ3) is 6.75. The Bertz CT molecular complexity index is 1550. The predicted molar refractivity (Wildman–Crippen MR) is 160 cm³/mol. The number of primary amides is 1. The molecule has 0 atom stereocenters. The molecule has 0 unspecified atom stereocenters. The molecule has 0 aliphatic heterocycles. The van der Waals surface area contributed by atoms with Gasteiger partial charge in [-0.2, -0.15) is 0 Å². The number of benzene rings is 2. The highest BCUT2D eigenvalue weighted by atomic mass is 32.1. The van der Waals surface area contributed by atoms with Crippen LogP contribution in [0, 0.1) is 0 Å². The molecule has 0 bridgehead atoms. The Morgan fingerprint density at radius 3 is 2.69 bits per heavy atom. The van der Waals surface area contributed by atoms with Crippen molar-refractivity contribution in [3.05, 3.63) is 83.8 Å². The summed E-state index contributed by atoms with van der Waals surface area (Å²) in [6, 6.07) is 17.7. The lowest BCUT2D eigenvalue weighted by Gasteiger charge is -2.18. The second kappa shape index (κ2) is 12.8. The van der Waals surface area contributed by atoms with Gasteiger partial charge in [-0.15, -0.1) is 11.3 Å². The van der Waals surface area contributed by atoms with E-state index in [0.29, 0.717) is 5.56 Å². The molecule has 2 aromatic carbocycles. The summed E-state index contributed by atoms with van der Waals surface area (Å²) in [5.41, 5.74) is 7.87. The number of carbonyl (C=O) groups is 1. The minimum absolute atomic E-state index is 0.446. The van der Waals surface area contributed by atoms with Crippen LogP contribution in [0.2, 0.25) is 0 Å². The number of hydrogen-bond acceptors (Lipinski definition) is 8. The van der Waals surface area contributed by atoms with Gasteiger partial charge in [0.05, 0.1) is 10.4 Å². The first-order valence-corrected chi connectivity index (χ1v) is 14.0. The van der Waals surface area contributed by atoms with E-state index in [2.05, 4.69) is 56.8 Å². The van der Waals surface area contributed by atoms with Crippen LogP contribution in [0.25, 0.3) is 32.1 Å². The number of thiazole rings is 1. The van der Waals surface area contributed by atoms with Crippen molar-refractivity contribution in [3.63, 3.8) is 0 Å². The van der Waals surface area contributed by atoms with E-state index < -0.39 is 5.91 Å². The fourth-order valence-electron chi connectivity index (χ4n) is 4.57. The van der Waals surface area contributed by atoms with E-state index in [1.165, 1.54) is 10.4 Å². The third-order valence-electron chi connectivity index (χ3n) is 6.70. The molecule has 0 saturated carbocycles. The van der Waals surface area contributed by atoms with Gasteiger partial charge in [-0.1, -0.05) is 36.4 Å². The molecule has 3 aromatic heterocycles. The molecule has 0 radical (unpaired) electrons. The summed E-state index contributed by atoms with van der Waals surface area (Å²) in [7, 11) is 2.14. The maximum atomic E-state index is 11.7. The normalized spacial score (nSPS) is 11.4. The average molecular weight is 540 g/mol. The van der Waals surface area contributed by atoms with Gasteiger partial charge in [-0.25, -0.2) is 9.97 Å². The average Bonchev–Trinajstić information content (AvgIpc) is 3.44. The molecule has 4 N–H and O–H groups in total. The lowest BCUT2D eigenvalue weighted by Crippen LogP contribution is -2.27. The first kappa shape index (κ1) is 26.7. The van der Waals surface area contributed by atoms with E-state index in [1.54, 1.807) is 29.7 Å². The molecule has 0 saturated heterocycles. The maximum absolute atomic E-state index is 11.7. The Labute approximate surface area is 232 Å². The number of nitrogens with one attached hydrogen (secondary N) is 2. The van der Waals surface area contributed by atoms with Crippen LogP contribution in [-0.4, -0.2) is 59.0 Å². The molecule has 9 heteroatoms. The van der Waals surface area contributed by atoms with Crippen LogP contribution in [0.15, 0.2) is 73.2 Å². The molecule has 200 valence electrons. The van der Waals surface area contributed by atoms with Crippen molar-refractivity contribution in [2.24, 2.45) is 5.73 Å². The molecule has 39 heavy (non-hydrogen) atoms. The zero-order valence-electron chi connectivity index (χ0n) is 22.1. The third-order valence-corrected chi connectivity index (χ3v) is 7.74. The first-order chi connectivity index (χ1) is 19.1. The lowest BCUT2D eigenvalue weighted by molar-refractivity contribution is 0.100. The fourth-order valence-corrected chi connectivity index (χ4v) is 5.46. The quantitative estimate of drug-likeness (QED) is 0.144. The van der Waals surface area contributed by atoms with Crippen LogP contribution in [0.4, 0.5) is 5.82 Å². The van der Waals surface area contributed by atoms with Gasteiger partial charge in [0.15, 0.2) is 0 Å². The van der Waals surface area contributed by atoms with Crippen molar-refractivity contribution in [2.45, 2.75) is 19.4 Å². The smallest absolute Gasteiger partial charge is 0.248 e. The molecule has 0 aliphatic carbocycles. The number of unbranched alkanes of at least 4 members (excludes halogenated alkanes) is 1. The molecule has 5 rings (SSSR count). The highest BCUT2D eigenvalue weighted by Crippen LogP contribution is 2.29. The van der Waals surface area contributed by atoms with Gasteiger partial charge >= 0.3 is 0 Å². The highest BCUT2D eigenvalue weighted by molar-refractivity contribution is 7.15. The lowest BCUT2D eigenvalue weighted by atomic mass is 10.1. The van der Waals surface area contributed by atoms with Crippen LogP contribution in [0.3, 0.4) is 0 Å². The van der Waals surface area contributed by atoms with Crippen LogP contribution >= 0.6 is 11.3 Å². The van der Waals surface area contributed by atoms with Crippen LogP contribution in [-0.2, 0) is 6.54 Å². The van der Waals surface area contributed by atoms with Gasteiger partial charge in [0.25, 0.3) is 0 Å². The van der Waals surface area contributed by atoms with E-state index >= 15 is 0 Å². The van der Waals surface area contributed by atoms with Gasteiger partial charge in [0, 0.05) is 59.9 Å². The van der Waals surface area contributed by atoms with Crippen LogP contribution in [0.5, 0.6) is 0 Å². The van der Waals surface area contributed by atoms with Gasteiger partial charge in [0.2, 0.25) is 5.91 Å². The molecular weight excluding hydrogens is 506 g/mol. The largest absolute Gasteiger partial charge is 0.368 e. The highest BCUT2D eigenvalue weighted by Gasteiger charge is 2.11. The second-order valence-electron chi connectivity index (χ2n) is 9.58. The Hall–Kier alpha value is -3.92. The van der Waals surface area contributed by atoms with Gasteiger partial charge in [-0.05, 0) is 56.7 Å². The monoisotopic (exact) mass is 539 g/mol. The minimum Gasteiger partial charge on any atom is -0.368 e. The number of amides is 1. The Kier molecular flexibility index (Phi) is 8.72. The Balaban J connectivity index is 1.05. The summed E-state index contributed by atoms with van der Waals surface area (Å²) >= 11 is 1.75. The fraction of sp³-hybridized carbons (Fsp3) is 0.267. The molecule has 3 heterocycles. The van der Waals surface area contributed by atoms with Crippen LogP contribution < -0.4 is 16.4 Å². The summed E-state index contributed by atoms with van der Waals surface area (Å²) in [6.45, 7) is 4.45. The Morgan fingerprint density at radius 1 is 0.974 bits per heavy atom. The SMILES string of the molecule is CN(CCCCNCc1ncc(-c2ccccc2)s1)CCNc1nc2cc(C(N)=O)ccc2c2cnccc12. The summed E-state index contributed by atoms with van der Waals surface area (Å²) < 4.78 is 0. The first-order valence-electron chi connectivity index (χ1n) is 13.2. The standard InChI is InChI=1S/C30H33N7OS/c1-37(15-6-5-12-32-20-28-35-19-27(39-28)21-7-3-2-4-8-21)16-14-34-30-24-11-13-33-18-25(24)23-10-9-22(29(31)38)17-26(23)36-30/h2-4,7-11,13,17-19,32H,5-6,12,14-16,20H2,1H3,(H2,31,38)(H,34,36). The number of carbonyl (C=O) groups excluding carboxylic acids is 1. The van der Waals surface area contributed by atoms with Gasteiger partial charge in [-0.3, -0.25) is 9.78 Å². The van der Waals surface area contributed by atoms with Crippen molar-refractivity contribution < 1.29 is 4.79 Å². The predicted octanol–water partition coefficient (Wildman–Crippen LogP) is 4.92. The molecule has 0 spiro atoms. The number of nitrogens with zero attached hydrogens (tertiary/aromatic N) is 4. The zero-order chi connectivity index (χ0) is 27.0. The number of pyridine rings is 2. The zero-order valence-corrected chi connectivity index (χ0v) is 22.9. The molecule has 0 fully saturated rings. The van der Waals surface area contributed by atoms with E-state index in [0.717, 1.165) is 78.1 Å². The number of aromatic nitrogens is 3. The maximum Gasteiger partial charge on any atom is 0.248 e. The topological polar surface area (TPSA) is 109 Å². The van der Waals surface area contributed by atoms with Crippen LogP contribution in [0.1, 0.15) is 28.2 Å². The number of nitrogens with two attached hydrogens (primary N) is 1. The van der Waals surface area contributed by atoms with Crippen molar-refractivity contribution in [1.82, 2.24) is 25.2 Å². The van der Waals surface area contributed by atoms with E-state index in [9.17, 15) is 4.79 Å². The van der Waals surface area contributed by atoms with E-state index in [4.69, 9.17) is 10.7 Å². The number of anilines is 1. The van der Waals surface area contributed by atoms with Gasteiger partial charge < -0.3 is 21.3 Å². The summed E-state index contributed by atoms with van der Waals surface area (Å²) in [4.78, 5) is 28.8. The number of likely N-dealkylation sites (N-methyl/N-ethyl adjacent to an activating group) is 1. The molecule has 1 amide bonds. The van der Waals surface area contributed by atoms with E-state index in [-0.39, 0.29) is 0 Å². The summed E-state index contributed by atoms with van der Waals surface area (Å²) in [5, 5.41) is 11.1. The van der Waals surface area contributed by atoms with Crippen molar-refractivity contribution in [1.29, 1.82) is 0 Å². The van der Waals surface area contributed by atoms with E-state index in [1.807, 2.05) is 30.6 Å². The molecule has 5 aromatic rings. The number of fused-ring (bicyclic) bond motifs is 3. The number of rotatable bonds is 13. The molecule has 8 nitrogen and oxygen atoms in total. The van der Waals surface area contributed by atoms with Crippen molar-refractivity contribution in [2.75, 3.05) is 38.5 Å². The summed E-state index contributed by atoms with van der Waals surface area (Å²) in [6.07, 6.45) is 7.81. The van der Waals surface area contributed by atoms with Crippen molar-refractivity contribution >= 4 is 44.7 Å². The second-order valence-corrected chi connectivity index (χ2v) is 10.7. The number of hydrogen-bond donors (Lipinski definition) is 3. The van der Waals surface area contributed by atoms with Crippen molar-refractivity contribution in [3.8, 4) is 10.4 Å². The molecule has 0 aliphatic rings. The summed E-state index contributed by atoms with van der Waals surface area (Å²) in [5.74, 6) is 0.327. The minimum atomic E-state index is -0.461.